The van der Waals surface area contributed by atoms with Crippen LogP contribution in [-0.4, -0.2) is 17.2 Å². The Balaban J connectivity index is 1.50. The number of aromatic nitrogens is 1. The molecular weight excluding hydrogens is 299 g/mol. The molecule has 0 radical (unpaired) electrons. The smallest absolute Gasteiger partial charge is 0.123 e. The van der Waals surface area contributed by atoms with Crippen molar-refractivity contribution in [2.24, 2.45) is 0 Å². The third kappa shape index (κ3) is 2.93. The average molecular weight is 324 g/mol. The van der Waals surface area contributed by atoms with Crippen LogP contribution in [0.3, 0.4) is 0 Å². The van der Waals surface area contributed by atoms with Crippen molar-refractivity contribution in [2.75, 3.05) is 0 Å². The van der Waals surface area contributed by atoms with Crippen LogP contribution in [0.4, 0.5) is 4.39 Å². The van der Waals surface area contributed by atoms with Gasteiger partial charge in [-0.2, -0.15) is 0 Å². The number of hydrogen-bond donors (Lipinski definition) is 2. The molecule has 0 spiro atoms. The van der Waals surface area contributed by atoms with E-state index in [2.05, 4.69) is 48.4 Å². The number of rotatable bonds is 3. The molecule has 0 saturated heterocycles. The molecule has 126 valence electrons. The molecule has 0 bridgehead atoms. The highest BCUT2D eigenvalue weighted by atomic mass is 19.1. The molecule has 1 aromatic heterocycles. The van der Waals surface area contributed by atoms with Crippen LogP contribution in [0.1, 0.15) is 53.0 Å². The van der Waals surface area contributed by atoms with Gasteiger partial charge in [0.05, 0.1) is 0 Å². The fourth-order valence-electron chi connectivity index (χ4n) is 4.16. The predicted octanol–water partition coefficient (Wildman–Crippen LogP) is 4.44. The lowest BCUT2D eigenvalue weighted by molar-refractivity contribution is 0.391. The summed E-state index contributed by atoms with van der Waals surface area (Å²) in [5.41, 5.74) is 7.64. The SMILES string of the molecule is Cc1cccc(C(C)NC2CCc3[nH]c4c(c3C2)CC(F)C=C4)c1. The van der Waals surface area contributed by atoms with Gasteiger partial charge in [0.2, 0.25) is 0 Å². The van der Waals surface area contributed by atoms with Crippen molar-refractivity contribution in [1.29, 1.82) is 0 Å². The van der Waals surface area contributed by atoms with Gasteiger partial charge in [-0.05, 0) is 62.0 Å². The number of aromatic amines is 1. The molecule has 1 heterocycles. The molecule has 2 N–H and O–H groups in total. The van der Waals surface area contributed by atoms with Gasteiger partial charge in [-0.1, -0.05) is 29.8 Å². The molecule has 0 amide bonds. The molecule has 3 atom stereocenters. The summed E-state index contributed by atoms with van der Waals surface area (Å²) in [5.74, 6) is 0. The second-order valence-corrected chi connectivity index (χ2v) is 7.30. The number of alkyl halides is 1. The van der Waals surface area contributed by atoms with E-state index in [1.54, 1.807) is 6.08 Å². The summed E-state index contributed by atoms with van der Waals surface area (Å²) >= 11 is 0. The Morgan fingerprint density at radius 1 is 1.25 bits per heavy atom. The molecule has 3 heteroatoms. The highest BCUT2D eigenvalue weighted by Gasteiger charge is 2.28. The lowest BCUT2D eigenvalue weighted by Gasteiger charge is -2.28. The van der Waals surface area contributed by atoms with E-state index in [1.807, 2.05) is 6.08 Å². The Labute approximate surface area is 143 Å². The van der Waals surface area contributed by atoms with Gasteiger partial charge in [0, 0.05) is 29.9 Å². The number of allylic oxidation sites excluding steroid dienone is 1. The van der Waals surface area contributed by atoms with Crippen molar-refractivity contribution in [2.45, 2.75) is 57.8 Å². The van der Waals surface area contributed by atoms with Gasteiger partial charge in [-0.25, -0.2) is 4.39 Å². The monoisotopic (exact) mass is 324 g/mol. The van der Waals surface area contributed by atoms with Gasteiger partial charge in [0.15, 0.2) is 0 Å². The zero-order valence-corrected chi connectivity index (χ0v) is 14.4. The Morgan fingerprint density at radius 3 is 2.96 bits per heavy atom. The maximum absolute atomic E-state index is 13.8. The zero-order chi connectivity index (χ0) is 16.7. The van der Waals surface area contributed by atoms with Crippen molar-refractivity contribution in [3.63, 3.8) is 0 Å². The molecule has 3 unspecified atom stereocenters. The van der Waals surface area contributed by atoms with Crippen molar-refractivity contribution in [1.82, 2.24) is 10.3 Å². The van der Waals surface area contributed by atoms with E-state index in [4.69, 9.17) is 0 Å². The number of halogens is 1. The van der Waals surface area contributed by atoms with E-state index in [9.17, 15) is 4.39 Å². The van der Waals surface area contributed by atoms with E-state index < -0.39 is 6.17 Å². The molecule has 2 aromatic rings. The second-order valence-electron chi connectivity index (χ2n) is 7.30. The van der Waals surface area contributed by atoms with Crippen molar-refractivity contribution < 1.29 is 4.39 Å². The van der Waals surface area contributed by atoms with Crippen LogP contribution in [0.25, 0.3) is 6.08 Å². The summed E-state index contributed by atoms with van der Waals surface area (Å²) in [5, 5.41) is 3.79. The van der Waals surface area contributed by atoms with E-state index >= 15 is 0 Å². The minimum atomic E-state index is -0.836. The summed E-state index contributed by atoms with van der Waals surface area (Å²) in [6.07, 6.45) is 6.45. The lowest BCUT2D eigenvalue weighted by atomic mass is 9.87. The first-order chi connectivity index (χ1) is 11.6. The number of fused-ring (bicyclic) bond motifs is 3. The van der Waals surface area contributed by atoms with Crippen LogP contribution in [0.15, 0.2) is 30.3 Å². The molecule has 0 aliphatic heterocycles. The molecule has 4 rings (SSSR count). The van der Waals surface area contributed by atoms with Gasteiger partial charge < -0.3 is 10.3 Å². The Bertz CT molecular complexity index is 774. The third-order valence-electron chi connectivity index (χ3n) is 5.43. The quantitative estimate of drug-likeness (QED) is 0.858. The van der Waals surface area contributed by atoms with E-state index in [0.717, 1.165) is 25.0 Å². The highest BCUT2D eigenvalue weighted by Crippen LogP contribution is 2.32. The van der Waals surface area contributed by atoms with Gasteiger partial charge >= 0.3 is 0 Å². The topological polar surface area (TPSA) is 27.8 Å². The lowest BCUT2D eigenvalue weighted by Crippen LogP contribution is -2.36. The number of nitrogens with one attached hydrogen (secondary N) is 2. The van der Waals surface area contributed by atoms with Gasteiger partial charge in [-0.3, -0.25) is 0 Å². The molecular formula is C21H25FN2. The fourth-order valence-corrected chi connectivity index (χ4v) is 4.16. The molecule has 2 aliphatic carbocycles. The van der Waals surface area contributed by atoms with Crippen LogP contribution in [0.5, 0.6) is 0 Å². The molecule has 2 aliphatic rings. The summed E-state index contributed by atoms with van der Waals surface area (Å²) in [6.45, 7) is 4.37. The molecule has 0 saturated carbocycles. The van der Waals surface area contributed by atoms with Crippen molar-refractivity contribution in [3.05, 3.63) is 64.0 Å². The number of benzene rings is 1. The summed E-state index contributed by atoms with van der Waals surface area (Å²) in [6, 6.07) is 9.49. The largest absolute Gasteiger partial charge is 0.358 e. The van der Waals surface area contributed by atoms with E-state index in [1.165, 1.54) is 27.9 Å². The molecule has 0 fully saturated rings. The van der Waals surface area contributed by atoms with Gasteiger partial charge in [-0.15, -0.1) is 0 Å². The van der Waals surface area contributed by atoms with Crippen molar-refractivity contribution >= 4 is 6.08 Å². The van der Waals surface area contributed by atoms with Crippen LogP contribution in [0, 0.1) is 6.92 Å². The average Bonchev–Trinajstić information content (AvgIpc) is 2.92. The normalized spacial score (nSPS) is 23.6. The second kappa shape index (κ2) is 6.21. The highest BCUT2D eigenvalue weighted by molar-refractivity contribution is 5.58. The maximum Gasteiger partial charge on any atom is 0.123 e. The van der Waals surface area contributed by atoms with Crippen LogP contribution in [0.2, 0.25) is 0 Å². The van der Waals surface area contributed by atoms with Crippen LogP contribution in [-0.2, 0) is 19.3 Å². The molecule has 2 nitrogen and oxygen atoms in total. The summed E-state index contributed by atoms with van der Waals surface area (Å²) in [4.78, 5) is 3.51. The van der Waals surface area contributed by atoms with E-state index in [-0.39, 0.29) is 0 Å². The zero-order valence-electron chi connectivity index (χ0n) is 14.4. The maximum atomic E-state index is 13.8. The van der Waals surface area contributed by atoms with E-state index in [0.29, 0.717) is 18.5 Å². The first-order valence-electron chi connectivity index (χ1n) is 8.97. The minimum Gasteiger partial charge on any atom is -0.358 e. The van der Waals surface area contributed by atoms with Crippen molar-refractivity contribution in [3.8, 4) is 0 Å². The number of hydrogen-bond acceptors (Lipinski definition) is 1. The first-order valence-corrected chi connectivity index (χ1v) is 8.97. The standard InChI is InChI=1S/C21H25FN2/c1-13-4-3-5-15(10-13)14(2)23-17-7-9-21-19(12-17)18-11-16(22)6-8-20(18)24-21/h3-6,8,10,14,16-17,23-24H,7,9,11-12H2,1-2H3. The molecule has 1 aromatic carbocycles. The molecule has 24 heavy (non-hydrogen) atoms. The van der Waals surface area contributed by atoms with Gasteiger partial charge in [0.25, 0.3) is 0 Å². The number of H-pyrrole nitrogens is 1. The van der Waals surface area contributed by atoms with Crippen LogP contribution < -0.4 is 5.32 Å². The summed E-state index contributed by atoms with van der Waals surface area (Å²) < 4.78 is 13.8. The minimum absolute atomic E-state index is 0.333. The Kier molecular flexibility index (Phi) is 4.05. The van der Waals surface area contributed by atoms with Crippen LogP contribution >= 0.6 is 0 Å². The Hall–Kier alpha value is -1.87. The number of aryl methyl sites for hydroxylation is 2. The first kappa shape index (κ1) is 15.6. The Morgan fingerprint density at radius 2 is 2.12 bits per heavy atom. The third-order valence-corrected chi connectivity index (χ3v) is 5.43. The summed E-state index contributed by atoms with van der Waals surface area (Å²) in [7, 11) is 0. The van der Waals surface area contributed by atoms with Gasteiger partial charge in [0.1, 0.15) is 6.17 Å². The fraction of sp³-hybridized carbons (Fsp3) is 0.429. The predicted molar refractivity (Wildman–Crippen MR) is 97.0 cm³/mol.